The average molecular weight is 595 g/mol. The second-order valence-electron chi connectivity index (χ2n) is 9.46. The number of fused-ring (bicyclic) bond motifs is 1. The van der Waals surface area contributed by atoms with Crippen LogP contribution in [-0.4, -0.2) is 70.8 Å². The number of imidazole rings is 1. The maximum absolute atomic E-state index is 14.0. The molecule has 0 unspecified atom stereocenters. The topological polar surface area (TPSA) is 138 Å². The Kier molecular flexibility index (Phi) is 10.4. The molecule has 3 aromatic rings. The number of pyridine rings is 1. The summed E-state index contributed by atoms with van der Waals surface area (Å²) in [5, 5.41) is 4.87. The molecule has 3 N–H and O–H groups in total. The van der Waals surface area contributed by atoms with Crippen LogP contribution < -0.4 is 16.2 Å². The van der Waals surface area contributed by atoms with Gasteiger partial charge in [-0.1, -0.05) is 6.08 Å². The first-order chi connectivity index (χ1) is 19.8. The summed E-state index contributed by atoms with van der Waals surface area (Å²) in [6.45, 7) is -0.166. The molecule has 0 aliphatic rings. The van der Waals surface area contributed by atoms with Gasteiger partial charge in [0, 0.05) is 33.8 Å². The van der Waals surface area contributed by atoms with E-state index in [-0.39, 0.29) is 53.4 Å². The van der Waals surface area contributed by atoms with Gasteiger partial charge in [-0.15, -0.1) is 0 Å². The summed E-state index contributed by atoms with van der Waals surface area (Å²) in [5.74, 6) is -1.68. The summed E-state index contributed by atoms with van der Waals surface area (Å²) in [7, 11) is 4.33. The summed E-state index contributed by atoms with van der Waals surface area (Å²) in [6.07, 6.45) is -3.71. The third-order valence-corrected chi connectivity index (χ3v) is 5.97. The highest BCUT2D eigenvalue weighted by molar-refractivity contribution is 5.95. The molecule has 226 valence electrons. The molecule has 0 radical (unpaired) electrons. The minimum absolute atomic E-state index is 0.0200. The quantitative estimate of drug-likeness (QED) is 0.230. The van der Waals surface area contributed by atoms with Crippen molar-refractivity contribution in [3.05, 3.63) is 70.2 Å². The number of ether oxygens (including phenoxy) is 1. The molecule has 1 aromatic carbocycles. The molecule has 3 rings (SSSR count). The molecule has 2 heterocycles. The highest BCUT2D eigenvalue weighted by Crippen LogP contribution is 2.26. The first kappa shape index (κ1) is 31.8. The zero-order valence-electron chi connectivity index (χ0n) is 23.0. The van der Waals surface area contributed by atoms with Crippen molar-refractivity contribution < 1.29 is 36.7 Å². The van der Waals surface area contributed by atoms with Crippen LogP contribution in [0.5, 0.6) is 0 Å². The minimum Gasteiger partial charge on any atom is -0.436 e. The third-order valence-electron chi connectivity index (χ3n) is 5.97. The van der Waals surface area contributed by atoms with E-state index in [2.05, 4.69) is 20.6 Å². The predicted molar refractivity (Wildman–Crippen MR) is 145 cm³/mol. The molecular formula is C27H30F4N6O5. The number of halogens is 4. The smallest absolute Gasteiger partial charge is 0.410 e. The molecule has 0 aliphatic carbocycles. The number of aryl methyl sites for hydroxylation is 1. The molecule has 3 amide bonds. The average Bonchev–Trinajstić information content (AvgIpc) is 3.32. The van der Waals surface area contributed by atoms with Crippen molar-refractivity contribution in [3.63, 3.8) is 0 Å². The van der Waals surface area contributed by atoms with Gasteiger partial charge in [0.2, 0.25) is 5.91 Å². The summed E-state index contributed by atoms with van der Waals surface area (Å²) in [6, 6.07) is 4.91. The molecule has 42 heavy (non-hydrogen) atoms. The highest BCUT2D eigenvalue weighted by Gasteiger charge is 2.27. The highest BCUT2D eigenvalue weighted by atomic mass is 19.4. The van der Waals surface area contributed by atoms with Gasteiger partial charge in [0.1, 0.15) is 17.3 Å². The molecule has 0 saturated heterocycles. The summed E-state index contributed by atoms with van der Waals surface area (Å²) < 4.78 is 58.7. The Labute approximate surface area is 237 Å². The van der Waals surface area contributed by atoms with Gasteiger partial charge in [-0.05, 0) is 55.2 Å². The molecule has 0 saturated carbocycles. The largest absolute Gasteiger partial charge is 0.436 e. The van der Waals surface area contributed by atoms with Crippen LogP contribution in [0.1, 0.15) is 30.7 Å². The van der Waals surface area contributed by atoms with E-state index >= 15 is 0 Å². The van der Waals surface area contributed by atoms with E-state index in [4.69, 9.17) is 4.74 Å². The SMILES string of the molecule is CNC(=O)/C=C/CC[C@H](OC(=O)N(C)C)C(=O)Nc1cccn(Cc2nc3c(CCC(F)(F)F)cc(F)cc3[nH]2)c1=O. The van der Waals surface area contributed by atoms with Gasteiger partial charge in [0.25, 0.3) is 11.5 Å². The number of aromatic amines is 1. The number of alkyl halides is 3. The third kappa shape index (κ3) is 8.91. The lowest BCUT2D eigenvalue weighted by molar-refractivity contribution is -0.134. The molecule has 0 fully saturated rings. The number of likely N-dealkylation sites (N-methyl/N-ethyl adjacent to an activating group) is 1. The molecule has 15 heteroatoms. The zero-order valence-corrected chi connectivity index (χ0v) is 23.0. The van der Waals surface area contributed by atoms with E-state index in [0.29, 0.717) is 0 Å². The Balaban J connectivity index is 1.80. The number of allylic oxidation sites excluding steroid dienone is 1. The lowest BCUT2D eigenvalue weighted by Crippen LogP contribution is -2.37. The number of benzene rings is 1. The van der Waals surface area contributed by atoms with Crippen LogP contribution in [0.2, 0.25) is 0 Å². The number of aromatic nitrogens is 3. The van der Waals surface area contributed by atoms with Crippen LogP contribution in [0.3, 0.4) is 0 Å². The predicted octanol–water partition coefficient (Wildman–Crippen LogP) is 3.49. The lowest BCUT2D eigenvalue weighted by Gasteiger charge is -2.19. The number of H-pyrrole nitrogens is 1. The van der Waals surface area contributed by atoms with Crippen LogP contribution in [0.4, 0.5) is 28.0 Å². The van der Waals surface area contributed by atoms with Gasteiger partial charge in [-0.3, -0.25) is 14.4 Å². The maximum Gasteiger partial charge on any atom is 0.410 e. The number of hydrogen-bond donors (Lipinski definition) is 3. The second kappa shape index (κ2) is 13.8. The molecule has 0 aliphatic heterocycles. The Bertz CT molecular complexity index is 1530. The number of anilines is 1. The number of nitrogens with zero attached hydrogens (tertiary/aromatic N) is 3. The van der Waals surface area contributed by atoms with Gasteiger partial charge in [0.05, 0.1) is 17.6 Å². The Morgan fingerprint density at radius 2 is 1.98 bits per heavy atom. The second-order valence-corrected chi connectivity index (χ2v) is 9.46. The van der Waals surface area contributed by atoms with E-state index < -0.39 is 48.5 Å². The molecular weight excluding hydrogens is 564 g/mol. The van der Waals surface area contributed by atoms with Crippen molar-refractivity contribution in [1.29, 1.82) is 0 Å². The number of hydrogen-bond acceptors (Lipinski definition) is 6. The van der Waals surface area contributed by atoms with Gasteiger partial charge >= 0.3 is 12.3 Å². The van der Waals surface area contributed by atoms with Crippen molar-refractivity contribution in [3.8, 4) is 0 Å². The summed E-state index contributed by atoms with van der Waals surface area (Å²) in [4.78, 5) is 57.9. The number of rotatable bonds is 11. The van der Waals surface area contributed by atoms with E-state index in [1.807, 2.05) is 0 Å². The van der Waals surface area contributed by atoms with Gasteiger partial charge in [0.15, 0.2) is 6.10 Å². The Hall–Kier alpha value is -4.69. The molecule has 11 nitrogen and oxygen atoms in total. The maximum atomic E-state index is 14.0. The van der Waals surface area contributed by atoms with E-state index in [9.17, 15) is 36.7 Å². The van der Waals surface area contributed by atoms with Crippen LogP contribution in [0.15, 0.2) is 47.4 Å². The van der Waals surface area contributed by atoms with Crippen molar-refractivity contribution in [1.82, 2.24) is 24.8 Å². The lowest BCUT2D eigenvalue weighted by atomic mass is 10.1. The van der Waals surface area contributed by atoms with Crippen LogP contribution in [-0.2, 0) is 27.3 Å². The van der Waals surface area contributed by atoms with Crippen LogP contribution in [0, 0.1) is 5.82 Å². The van der Waals surface area contributed by atoms with Crippen molar-refractivity contribution >= 4 is 34.6 Å². The first-order valence-electron chi connectivity index (χ1n) is 12.8. The number of nitrogens with one attached hydrogen (secondary N) is 3. The molecule has 0 bridgehead atoms. The van der Waals surface area contributed by atoms with Crippen molar-refractivity contribution in [2.75, 3.05) is 26.5 Å². The first-order valence-corrected chi connectivity index (χ1v) is 12.8. The van der Waals surface area contributed by atoms with E-state index in [0.717, 1.165) is 17.0 Å². The van der Waals surface area contributed by atoms with Crippen molar-refractivity contribution in [2.24, 2.45) is 0 Å². The normalized spacial score (nSPS) is 12.4. The van der Waals surface area contributed by atoms with Crippen molar-refractivity contribution in [2.45, 2.75) is 44.5 Å². The molecule has 1 atom stereocenters. The Morgan fingerprint density at radius 3 is 2.64 bits per heavy atom. The van der Waals surface area contributed by atoms with E-state index in [1.54, 1.807) is 0 Å². The van der Waals surface area contributed by atoms with E-state index in [1.165, 1.54) is 56.2 Å². The Morgan fingerprint density at radius 1 is 1.24 bits per heavy atom. The van der Waals surface area contributed by atoms with Crippen LogP contribution >= 0.6 is 0 Å². The zero-order chi connectivity index (χ0) is 31.0. The number of carbonyl (C=O) groups is 3. The standard InChI is InChI=1S/C27H30F4N6O5/c1-32-22(38)9-5-4-8-20(42-26(41)36(2)3)24(39)34-18-7-6-12-37(25(18)40)15-21-33-19-14-17(28)13-16(23(19)35-21)10-11-27(29,30)31/h5-7,9,12-14,20H,4,8,10-11,15H2,1-3H3,(H,32,38)(H,33,35)(H,34,39)/b9-5+/t20-/m0/s1. The fourth-order valence-electron chi connectivity index (χ4n) is 3.87. The number of amides is 3. The molecule has 0 spiro atoms. The summed E-state index contributed by atoms with van der Waals surface area (Å²) in [5.41, 5.74) is -0.379. The monoisotopic (exact) mass is 594 g/mol. The fraction of sp³-hybridized carbons (Fsp3) is 0.370. The molecule has 2 aromatic heterocycles. The minimum atomic E-state index is -4.43. The number of carbonyl (C=O) groups excluding carboxylic acids is 3. The van der Waals surface area contributed by atoms with Crippen LogP contribution in [0.25, 0.3) is 11.0 Å². The van der Waals surface area contributed by atoms with Gasteiger partial charge in [-0.2, -0.15) is 13.2 Å². The van der Waals surface area contributed by atoms with Gasteiger partial charge in [-0.25, -0.2) is 14.2 Å². The fourth-order valence-corrected chi connectivity index (χ4v) is 3.87. The van der Waals surface area contributed by atoms with Gasteiger partial charge < -0.3 is 29.8 Å². The summed E-state index contributed by atoms with van der Waals surface area (Å²) >= 11 is 0.